The first-order valence-electron chi connectivity index (χ1n) is 5.99. The smallest absolute Gasteiger partial charge is 0.136 e. The molecule has 1 saturated heterocycles. The second-order valence-electron chi connectivity index (χ2n) is 4.68. The monoisotopic (exact) mass is 245 g/mol. The Bertz CT molecular complexity index is 560. The molecule has 0 spiro atoms. The predicted octanol–water partition coefficient (Wildman–Crippen LogP) is 3.46. The number of carbonyl (C=O) groups is 1. The highest BCUT2D eigenvalue weighted by Crippen LogP contribution is 2.29. The molecule has 1 aliphatic rings. The molecule has 2 heterocycles. The largest absolute Gasteiger partial charge is 0.368 e. The summed E-state index contributed by atoms with van der Waals surface area (Å²) in [6.07, 6.45) is 1.37. The molecular weight excluding hydrogens is 230 g/mol. The summed E-state index contributed by atoms with van der Waals surface area (Å²) >= 11 is 1.77. The van der Waals surface area contributed by atoms with Crippen LogP contribution in [0.15, 0.2) is 29.6 Å². The van der Waals surface area contributed by atoms with Gasteiger partial charge in [-0.3, -0.25) is 4.79 Å². The van der Waals surface area contributed by atoms with E-state index in [0.717, 1.165) is 6.54 Å². The minimum absolute atomic E-state index is 0.326. The molecule has 0 N–H and O–H groups in total. The van der Waals surface area contributed by atoms with Crippen molar-refractivity contribution in [3.63, 3.8) is 0 Å². The van der Waals surface area contributed by atoms with Gasteiger partial charge in [-0.1, -0.05) is 0 Å². The number of carbonyl (C=O) groups excluding carboxylic acids is 1. The number of rotatable bonds is 1. The summed E-state index contributed by atoms with van der Waals surface area (Å²) in [6.45, 7) is 2.99. The molecule has 88 valence electrons. The van der Waals surface area contributed by atoms with Gasteiger partial charge in [-0.2, -0.15) is 0 Å². The van der Waals surface area contributed by atoms with Crippen molar-refractivity contribution in [2.24, 2.45) is 0 Å². The lowest BCUT2D eigenvalue weighted by Crippen LogP contribution is -2.41. The second-order valence-corrected chi connectivity index (χ2v) is 5.63. The number of benzene rings is 1. The molecule has 0 saturated carbocycles. The Balaban J connectivity index is 1.94. The van der Waals surface area contributed by atoms with Gasteiger partial charge in [-0.05, 0) is 42.0 Å². The number of hydrogen-bond donors (Lipinski definition) is 0. The van der Waals surface area contributed by atoms with Gasteiger partial charge < -0.3 is 4.90 Å². The van der Waals surface area contributed by atoms with Gasteiger partial charge in [0.2, 0.25) is 0 Å². The minimum atomic E-state index is 0.326. The molecule has 1 unspecified atom stereocenters. The fourth-order valence-electron chi connectivity index (χ4n) is 2.52. The van der Waals surface area contributed by atoms with E-state index in [9.17, 15) is 4.79 Å². The van der Waals surface area contributed by atoms with Crippen molar-refractivity contribution in [1.29, 1.82) is 0 Å². The minimum Gasteiger partial charge on any atom is -0.368 e. The van der Waals surface area contributed by atoms with E-state index in [1.165, 1.54) is 15.8 Å². The van der Waals surface area contributed by atoms with Gasteiger partial charge in [0.05, 0.1) is 0 Å². The number of ketones is 1. The first-order chi connectivity index (χ1) is 8.24. The molecule has 2 aromatic rings. The van der Waals surface area contributed by atoms with Crippen molar-refractivity contribution in [1.82, 2.24) is 0 Å². The Labute approximate surface area is 105 Å². The Morgan fingerprint density at radius 1 is 1.35 bits per heavy atom. The van der Waals surface area contributed by atoms with E-state index in [4.69, 9.17) is 0 Å². The van der Waals surface area contributed by atoms with E-state index in [-0.39, 0.29) is 0 Å². The predicted molar refractivity (Wildman–Crippen MR) is 72.9 cm³/mol. The standard InChI is InChI=1S/C14H15NOS/c1-10-8-13(16)4-6-15(10)12-2-3-14-11(9-12)5-7-17-14/h2-3,5,7,9-10H,4,6,8H2,1H3. The third-order valence-corrected chi connectivity index (χ3v) is 4.35. The Kier molecular flexibility index (Phi) is 2.63. The van der Waals surface area contributed by atoms with Gasteiger partial charge in [0, 0.05) is 35.8 Å². The quantitative estimate of drug-likeness (QED) is 0.767. The first-order valence-corrected chi connectivity index (χ1v) is 6.87. The van der Waals surface area contributed by atoms with E-state index in [0.29, 0.717) is 24.7 Å². The van der Waals surface area contributed by atoms with Gasteiger partial charge in [0.15, 0.2) is 0 Å². The summed E-state index contributed by atoms with van der Waals surface area (Å²) in [6, 6.07) is 9.07. The van der Waals surface area contributed by atoms with Crippen molar-refractivity contribution in [2.45, 2.75) is 25.8 Å². The highest BCUT2D eigenvalue weighted by atomic mass is 32.1. The number of Topliss-reactive ketones (excluding diaryl/α,β-unsaturated/α-hetero) is 1. The van der Waals surface area contributed by atoms with Crippen LogP contribution >= 0.6 is 11.3 Å². The molecule has 1 aliphatic heterocycles. The van der Waals surface area contributed by atoms with Gasteiger partial charge in [-0.25, -0.2) is 0 Å². The van der Waals surface area contributed by atoms with Crippen LogP contribution in [0.5, 0.6) is 0 Å². The lowest BCUT2D eigenvalue weighted by molar-refractivity contribution is -0.120. The third kappa shape index (κ3) is 1.95. The summed E-state index contributed by atoms with van der Waals surface area (Å²) in [4.78, 5) is 13.7. The Morgan fingerprint density at radius 2 is 2.24 bits per heavy atom. The van der Waals surface area contributed by atoms with Gasteiger partial charge in [0.1, 0.15) is 5.78 Å². The fourth-order valence-corrected chi connectivity index (χ4v) is 3.29. The van der Waals surface area contributed by atoms with Crippen LogP contribution in [0, 0.1) is 0 Å². The second kappa shape index (κ2) is 4.15. The van der Waals surface area contributed by atoms with Crippen LogP contribution in [-0.2, 0) is 4.79 Å². The number of nitrogens with zero attached hydrogens (tertiary/aromatic N) is 1. The molecule has 0 radical (unpaired) electrons. The van der Waals surface area contributed by atoms with Crippen LogP contribution in [0.1, 0.15) is 19.8 Å². The van der Waals surface area contributed by atoms with E-state index in [2.05, 4.69) is 41.5 Å². The third-order valence-electron chi connectivity index (χ3n) is 3.45. The van der Waals surface area contributed by atoms with E-state index in [1.54, 1.807) is 11.3 Å². The lowest BCUT2D eigenvalue weighted by Gasteiger charge is -2.34. The maximum atomic E-state index is 11.4. The van der Waals surface area contributed by atoms with Crippen molar-refractivity contribution >= 4 is 32.9 Å². The van der Waals surface area contributed by atoms with E-state index in [1.807, 2.05) is 0 Å². The lowest BCUT2D eigenvalue weighted by atomic mass is 10.0. The van der Waals surface area contributed by atoms with Gasteiger partial charge in [-0.15, -0.1) is 11.3 Å². The zero-order valence-electron chi connectivity index (χ0n) is 9.85. The van der Waals surface area contributed by atoms with Crippen molar-refractivity contribution in [2.75, 3.05) is 11.4 Å². The topological polar surface area (TPSA) is 20.3 Å². The van der Waals surface area contributed by atoms with Crippen LogP contribution < -0.4 is 4.90 Å². The molecule has 0 amide bonds. The highest BCUT2D eigenvalue weighted by molar-refractivity contribution is 7.17. The normalized spacial score (nSPS) is 21.1. The molecule has 0 bridgehead atoms. The molecule has 1 fully saturated rings. The number of fused-ring (bicyclic) bond motifs is 1. The SMILES string of the molecule is CC1CC(=O)CCN1c1ccc2sccc2c1. The maximum absolute atomic E-state index is 11.4. The first kappa shape index (κ1) is 10.8. The van der Waals surface area contributed by atoms with Crippen LogP contribution in [0.25, 0.3) is 10.1 Å². The van der Waals surface area contributed by atoms with E-state index >= 15 is 0 Å². The molecule has 2 nitrogen and oxygen atoms in total. The maximum Gasteiger partial charge on any atom is 0.136 e. The Hall–Kier alpha value is -1.35. The molecule has 0 aliphatic carbocycles. The molecule has 1 aromatic heterocycles. The van der Waals surface area contributed by atoms with Crippen LogP contribution in [0.4, 0.5) is 5.69 Å². The average molecular weight is 245 g/mol. The van der Waals surface area contributed by atoms with Crippen molar-refractivity contribution in [3.05, 3.63) is 29.6 Å². The summed E-state index contributed by atoms with van der Waals surface area (Å²) in [7, 11) is 0. The van der Waals surface area contributed by atoms with Crippen molar-refractivity contribution < 1.29 is 4.79 Å². The summed E-state index contributed by atoms with van der Waals surface area (Å²) in [5, 5.41) is 3.43. The molecular formula is C14H15NOS. The molecule has 17 heavy (non-hydrogen) atoms. The zero-order chi connectivity index (χ0) is 11.8. The summed E-state index contributed by atoms with van der Waals surface area (Å²) in [5.41, 5.74) is 1.25. The highest BCUT2D eigenvalue weighted by Gasteiger charge is 2.23. The number of anilines is 1. The molecule has 3 rings (SSSR count). The molecule has 3 heteroatoms. The fraction of sp³-hybridized carbons (Fsp3) is 0.357. The number of hydrogen-bond acceptors (Lipinski definition) is 3. The van der Waals surface area contributed by atoms with Crippen molar-refractivity contribution in [3.8, 4) is 0 Å². The summed E-state index contributed by atoms with van der Waals surface area (Å²) < 4.78 is 1.33. The molecule has 1 aromatic carbocycles. The van der Waals surface area contributed by atoms with Gasteiger partial charge >= 0.3 is 0 Å². The number of thiophene rings is 1. The van der Waals surface area contributed by atoms with Crippen LogP contribution in [0.2, 0.25) is 0 Å². The average Bonchev–Trinajstić information content (AvgIpc) is 2.75. The Morgan fingerprint density at radius 3 is 3.06 bits per heavy atom. The number of piperidine rings is 1. The zero-order valence-corrected chi connectivity index (χ0v) is 10.7. The molecule has 1 atom stereocenters. The summed E-state index contributed by atoms with van der Waals surface area (Å²) in [5.74, 6) is 0.394. The van der Waals surface area contributed by atoms with E-state index < -0.39 is 0 Å². The van der Waals surface area contributed by atoms with Gasteiger partial charge in [0.25, 0.3) is 0 Å². The van der Waals surface area contributed by atoms with Crippen LogP contribution in [-0.4, -0.2) is 18.4 Å². The van der Waals surface area contributed by atoms with Crippen LogP contribution in [0.3, 0.4) is 0 Å².